The molecule has 0 bridgehead atoms. The number of unbranched alkanes of at least 4 members (excludes halogenated alkanes) is 1. The molecule has 0 saturated heterocycles. The first kappa shape index (κ1) is 8.15. The summed E-state index contributed by atoms with van der Waals surface area (Å²) in [6.45, 7) is 5.46. The zero-order chi connectivity index (χ0) is 6.95. The van der Waals surface area contributed by atoms with Crippen molar-refractivity contribution in [1.29, 1.82) is 0 Å². The van der Waals surface area contributed by atoms with E-state index in [9.17, 15) is 0 Å². The predicted octanol–water partition coefficient (Wildman–Crippen LogP) is 2.56. The molecule has 0 aliphatic carbocycles. The fourth-order valence-electron chi connectivity index (χ4n) is 0.452. The molecule has 0 aliphatic rings. The van der Waals surface area contributed by atoms with E-state index in [2.05, 4.69) is 24.7 Å². The Morgan fingerprint density at radius 3 is 2.78 bits per heavy atom. The van der Waals surface area contributed by atoms with Gasteiger partial charge in [-0.3, -0.25) is 4.99 Å². The second-order valence-electron chi connectivity index (χ2n) is 1.74. The molecule has 0 unspecified atom stereocenters. The molecule has 0 aromatic rings. The normalized spacial score (nSPS) is 11.2. The Morgan fingerprint density at radius 2 is 2.22 bits per heavy atom. The van der Waals surface area contributed by atoms with Gasteiger partial charge in [0.1, 0.15) is 0 Å². The molecular formula is C8H13N. The molecule has 1 nitrogen and oxygen atoms in total. The number of rotatable bonds is 4. The Labute approximate surface area is 56.8 Å². The first-order chi connectivity index (χ1) is 4.41. The SMILES string of the molecule is C=N/C=C\C=C/CCC. The Hall–Kier alpha value is -0.850. The zero-order valence-electron chi connectivity index (χ0n) is 5.88. The van der Waals surface area contributed by atoms with E-state index >= 15 is 0 Å². The van der Waals surface area contributed by atoms with Crippen LogP contribution in [0.15, 0.2) is 29.4 Å². The maximum Gasteiger partial charge on any atom is 0.0260 e. The van der Waals surface area contributed by atoms with Crippen LogP contribution >= 0.6 is 0 Å². The number of hydrogen-bond donors (Lipinski definition) is 0. The molecule has 0 aliphatic heterocycles. The molecule has 0 aromatic carbocycles. The van der Waals surface area contributed by atoms with Crippen LogP contribution in [0.2, 0.25) is 0 Å². The van der Waals surface area contributed by atoms with E-state index in [-0.39, 0.29) is 0 Å². The lowest BCUT2D eigenvalue weighted by Gasteiger charge is -1.78. The fourth-order valence-corrected chi connectivity index (χ4v) is 0.452. The molecule has 1 heteroatoms. The lowest BCUT2D eigenvalue weighted by Crippen LogP contribution is -1.58. The Bertz CT molecular complexity index is 112. The predicted molar refractivity (Wildman–Crippen MR) is 42.7 cm³/mol. The lowest BCUT2D eigenvalue weighted by molar-refractivity contribution is 0.959. The summed E-state index contributed by atoms with van der Waals surface area (Å²) in [4.78, 5) is 3.55. The van der Waals surface area contributed by atoms with Gasteiger partial charge in [-0.2, -0.15) is 0 Å². The van der Waals surface area contributed by atoms with Crippen LogP contribution in [0.1, 0.15) is 19.8 Å². The van der Waals surface area contributed by atoms with Crippen molar-refractivity contribution in [2.24, 2.45) is 4.99 Å². The monoisotopic (exact) mass is 123 g/mol. The largest absolute Gasteiger partial charge is 0.273 e. The van der Waals surface area contributed by atoms with Crippen molar-refractivity contribution in [1.82, 2.24) is 0 Å². The molecule has 50 valence electrons. The highest BCUT2D eigenvalue weighted by molar-refractivity contribution is 5.26. The van der Waals surface area contributed by atoms with Gasteiger partial charge in [0, 0.05) is 6.20 Å². The van der Waals surface area contributed by atoms with E-state index in [1.54, 1.807) is 6.20 Å². The molecule has 0 heterocycles. The van der Waals surface area contributed by atoms with Gasteiger partial charge < -0.3 is 0 Å². The minimum absolute atomic E-state index is 1.14. The topological polar surface area (TPSA) is 12.4 Å². The van der Waals surface area contributed by atoms with E-state index in [0.29, 0.717) is 0 Å². The average Bonchev–Trinajstić information content (AvgIpc) is 1.89. The third-order valence-corrected chi connectivity index (χ3v) is 0.894. The summed E-state index contributed by atoms with van der Waals surface area (Å²) in [5.74, 6) is 0. The second-order valence-corrected chi connectivity index (χ2v) is 1.74. The third kappa shape index (κ3) is 7.15. The molecule has 0 N–H and O–H groups in total. The van der Waals surface area contributed by atoms with Crippen LogP contribution in [0.25, 0.3) is 0 Å². The lowest BCUT2D eigenvalue weighted by atomic mass is 10.3. The van der Waals surface area contributed by atoms with Crippen molar-refractivity contribution in [2.75, 3.05) is 0 Å². The Morgan fingerprint density at radius 1 is 1.44 bits per heavy atom. The van der Waals surface area contributed by atoms with Gasteiger partial charge in [0.15, 0.2) is 0 Å². The molecule has 0 saturated carbocycles. The van der Waals surface area contributed by atoms with Gasteiger partial charge in [-0.05, 0) is 19.2 Å². The van der Waals surface area contributed by atoms with Crippen molar-refractivity contribution in [2.45, 2.75) is 19.8 Å². The summed E-state index contributed by atoms with van der Waals surface area (Å²) in [6.07, 6.45) is 9.99. The highest BCUT2D eigenvalue weighted by Gasteiger charge is 1.67. The maximum absolute atomic E-state index is 3.55. The third-order valence-electron chi connectivity index (χ3n) is 0.894. The van der Waals surface area contributed by atoms with Crippen LogP contribution < -0.4 is 0 Å². The minimum Gasteiger partial charge on any atom is -0.273 e. The van der Waals surface area contributed by atoms with E-state index in [4.69, 9.17) is 0 Å². The summed E-state index contributed by atoms with van der Waals surface area (Å²) in [7, 11) is 0. The number of aliphatic imine (C=N–C) groups is 1. The number of nitrogens with zero attached hydrogens (tertiary/aromatic N) is 1. The van der Waals surface area contributed by atoms with Gasteiger partial charge in [0.25, 0.3) is 0 Å². The van der Waals surface area contributed by atoms with Crippen LogP contribution in [0.3, 0.4) is 0 Å². The van der Waals surface area contributed by atoms with Gasteiger partial charge in [-0.1, -0.05) is 25.5 Å². The van der Waals surface area contributed by atoms with Crippen LogP contribution in [-0.4, -0.2) is 6.72 Å². The van der Waals surface area contributed by atoms with E-state index < -0.39 is 0 Å². The van der Waals surface area contributed by atoms with Crippen LogP contribution in [0, 0.1) is 0 Å². The Balaban J connectivity index is 3.23. The number of hydrogen-bond acceptors (Lipinski definition) is 1. The van der Waals surface area contributed by atoms with Crippen molar-refractivity contribution in [3.63, 3.8) is 0 Å². The van der Waals surface area contributed by atoms with Crippen LogP contribution in [-0.2, 0) is 0 Å². The Kier molecular flexibility index (Phi) is 6.47. The number of allylic oxidation sites excluding steroid dienone is 3. The first-order valence-corrected chi connectivity index (χ1v) is 3.19. The molecule has 0 atom stereocenters. The minimum atomic E-state index is 1.14. The quantitative estimate of drug-likeness (QED) is 0.402. The van der Waals surface area contributed by atoms with Crippen molar-refractivity contribution < 1.29 is 0 Å². The van der Waals surface area contributed by atoms with Crippen molar-refractivity contribution in [3.8, 4) is 0 Å². The summed E-state index contributed by atoms with van der Waals surface area (Å²) >= 11 is 0. The van der Waals surface area contributed by atoms with E-state index in [0.717, 1.165) is 6.42 Å². The second kappa shape index (κ2) is 7.15. The molecule has 0 spiro atoms. The molecule has 9 heavy (non-hydrogen) atoms. The molecule has 0 amide bonds. The first-order valence-electron chi connectivity index (χ1n) is 3.19. The van der Waals surface area contributed by atoms with Crippen molar-refractivity contribution in [3.05, 3.63) is 24.4 Å². The highest BCUT2D eigenvalue weighted by atomic mass is 14.6. The standard InChI is InChI=1S/C8H13N/c1-3-4-5-6-7-8-9-2/h5-8H,2-4H2,1H3/b6-5-,8-7-. The van der Waals surface area contributed by atoms with E-state index in [1.807, 2.05) is 12.2 Å². The highest BCUT2D eigenvalue weighted by Crippen LogP contribution is 1.88. The van der Waals surface area contributed by atoms with Gasteiger partial charge >= 0.3 is 0 Å². The molecule has 0 fully saturated rings. The van der Waals surface area contributed by atoms with Gasteiger partial charge in [0.2, 0.25) is 0 Å². The summed E-state index contributed by atoms with van der Waals surface area (Å²) in [6, 6.07) is 0. The van der Waals surface area contributed by atoms with Gasteiger partial charge in [-0.15, -0.1) is 0 Å². The van der Waals surface area contributed by atoms with Gasteiger partial charge in [-0.25, -0.2) is 0 Å². The molecule has 0 radical (unpaired) electrons. The molecular weight excluding hydrogens is 110 g/mol. The molecule has 0 aromatic heterocycles. The van der Waals surface area contributed by atoms with E-state index in [1.165, 1.54) is 6.42 Å². The maximum atomic E-state index is 3.55. The summed E-state index contributed by atoms with van der Waals surface area (Å²) < 4.78 is 0. The van der Waals surface area contributed by atoms with Crippen LogP contribution in [0.4, 0.5) is 0 Å². The fraction of sp³-hybridized carbons (Fsp3) is 0.375. The van der Waals surface area contributed by atoms with Gasteiger partial charge in [0.05, 0.1) is 0 Å². The smallest absolute Gasteiger partial charge is 0.0260 e. The zero-order valence-corrected chi connectivity index (χ0v) is 5.88. The summed E-state index contributed by atoms with van der Waals surface area (Å²) in [5.41, 5.74) is 0. The average molecular weight is 123 g/mol. The van der Waals surface area contributed by atoms with Crippen LogP contribution in [0.5, 0.6) is 0 Å². The summed E-state index contributed by atoms with van der Waals surface area (Å²) in [5, 5.41) is 0. The molecule has 0 rings (SSSR count). The van der Waals surface area contributed by atoms with Crippen molar-refractivity contribution >= 4 is 6.72 Å².